The Morgan fingerprint density at radius 2 is 1.09 bits per heavy atom. The number of amides is 4. The van der Waals surface area contributed by atoms with Gasteiger partial charge in [0.1, 0.15) is 18.8 Å². The zero-order valence-electron chi connectivity index (χ0n) is 34.5. The van der Waals surface area contributed by atoms with Gasteiger partial charge in [0.05, 0.1) is 45.8 Å². The van der Waals surface area contributed by atoms with Crippen molar-refractivity contribution >= 4 is 43.4 Å². The minimum atomic E-state index is -4.07. The van der Waals surface area contributed by atoms with E-state index in [1.54, 1.807) is 0 Å². The van der Waals surface area contributed by atoms with E-state index in [0.29, 0.717) is 13.1 Å². The molecule has 0 bridgehead atoms. The summed E-state index contributed by atoms with van der Waals surface area (Å²) in [6.45, 7) is 7.84. The molecule has 0 saturated carbocycles. The van der Waals surface area contributed by atoms with Crippen LogP contribution in [0.5, 0.6) is 0 Å². The molecule has 0 aromatic heterocycles. The summed E-state index contributed by atoms with van der Waals surface area (Å²) in [5.74, 6) is -0.384. The average molecular weight is 843 g/mol. The number of thioether (sulfide) groups is 1. The Labute approximate surface area is 340 Å². The van der Waals surface area contributed by atoms with Gasteiger partial charge in [0.25, 0.3) is 0 Å². The molecule has 0 spiro atoms. The summed E-state index contributed by atoms with van der Waals surface area (Å²) in [6, 6.07) is -0.862. The van der Waals surface area contributed by atoms with Gasteiger partial charge < -0.3 is 54.7 Å². The maximum absolute atomic E-state index is 12.9. The predicted octanol–water partition coefficient (Wildman–Crippen LogP) is 5.67. The molecule has 4 amide bonds. The lowest BCUT2D eigenvalue weighted by Crippen LogP contribution is -2.48. The third kappa shape index (κ3) is 38.7. The van der Waals surface area contributed by atoms with Crippen LogP contribution in [-0.2, 0) is 37.8 Å². The number of carbonyl (C=O) groups excluding carboxylic acids is 4. The van der Waals surface area contributed by atoms with E-state index in [1.807, 2.05) is 0 Å². The SMILES string of the molecule is CCCCCCCCCCNC(=O)OC[C@H](CSC[C@H](NC(C)=O)C(=O)NCCOCCOCCOCCP(=O)(O)O)OC(=O)NCCCCCCCCCC. The Bertz CT molecular complexity index is 1040. The molecule has 56 heavy (non-hydrogen) atoms. The highest BCUT2D eigenvalue weighted by molar-refractivity contribution is 7.99. The summed E-state index contributed by atoms with van der Waals surface area (Å²) in [5, 5.41) is 10.9. The fraction of sp³-hybridized carbons (Fsp3) is 0.895. The maximum atomic E-state index is 12.9. The van der Waals surface area contributed by atoms with Gasteiger partial charge in [-0.3, -0.25) is 14.2 Å². The predicted molar refractivity (Wildman–Crippen MR) is 220 cm³/mol. The lowest BCUT2D eigenvalue weighted by atomic mass is 10.1. The zero-order valence-corrected chi connectivity index (χ0v) is 36.2. The number of hydrogen-bond donors (Lipinski definition) is 6. The van der Waals surface area contributed by atoms with Crippen molar-refractivity contribution in [1.82, 2.24) is 21.3 Å². The lowest BCUT2D eigenvalue weighted by Gasteiger charge is -2.21. The van der Waals surface area contributed by atoms with Crippen LogP contribution in [0.2, 0.25) is 0 Å². The molecule has 0 heterocycles. The van der Waals surface area contributed by atoms with E-state index in [4.69, 9.17) is 33.5 Å². The molecule has 0 fully saturated rings. The Hall–Kier alpha value is -2.14. The van der Waals surface area contributed by atoms with Crippen LogP contribution in [0.1, 0.15) is 124 Å². The average Bonchev–Trinajstić information content (AvgIpc) is 3.14. The Kier molecular flexibility index (Phi) is 36.9. The number of hydrogen-bond acceptors (Lipinski definition) is 11. The molecule has 0 aliphatic carbocycles. The van der Waals surface area contributed by atoms with Gasteiger partial charge in [-0.2, -0.15) is 11.8 Å². The van der Waals surface area contributed by atoms with Gasteiger partial charge in [0.15, 0.2) is 0 Å². The third-order valence-corrected chi connectivity index (χ3v) is 10.3. The second-order valence-electron chi connectivity index (χ2n) is 13.7. The van der Waals surface area contributed by atoms with E-state index in [1.165, 1.54) is 82.9 Å². The molecule has 0 unspecified atom stereocenters. The lowest BCUT2D eigenvalue weighted by molar-refractivity contribution is -0.127. The van der Waals surface area contributed by atoms with Crippen molar-refractivity contribution in [3.63, 3.8) is 0 Å². The Morgan fingerprint density at radius 3 is 1.61 bits per heavy atom. The van der Waals surface area contributed by atoms with E-state index >= 15 is 0 Å². The molecule has 330 valence electrons. The molecule has 0 saturated heterocycles. The summed E-state index contributed by atoms with van der Waals surface area (Å²) in [7, 11) is -4.07. The molecule has 0 aliphatic heterocycles. The standard InChI is InChI=1S/C38H75N4O12PS/c1-4-6-8-10-12-14-16-18-20-40-37(45)53-30-34(54-38(46)41-21-19-17-15-13-11-9-7-5-2)31-56-32-35(42-33(3)43)36(44)39-22-23-50-24-25-51-26-27-52-28-29-55(47,48)49/h34-35H,4-32H2,1-3H3,(H,39,44)(H,40,45)(H,41,46)(H,42,43)(H2,47,48,49)/t34-,35+/m1/s1. The van der Waals surface area contributed by atoms with Gasteiger partial charge in [-0.1, -0.05) is 104 Å². The molecule has 0 aliphatic rings. The highest BCUT2D eigenvalue weighted by Crippen LogP contribution is 2.33. The second kappa shape index (κ2) is 38.4. The van der Waals surface area contributed by atoms with E-state index < -0.39 is 37.8 Å². The van der Waals surface area contributed by atoms with Crippen molar-refractivity contribution in [3.8, 4) is 0 Å². The maximum Gasteiger partial charge on any atom is 0.407 e. The fourth-order valence-electron chi connectivity index (χ4n) is 5.27. The van der Waals surface area contributed by atoms with E-state index in [0.717, 1.165) is 38.5 Å². The normalized spacial score (nSPS) is 12.4. The van der Waals surface area contributed by atoms with Crippen LogP contribution < -0.4 is 21.3 Å². The molecule has 0 aromatic carbocycles. The smallest absolute Gasteiger partial charge is 0.407 e. The Morgan fingerprint density at radius 1 is 0.607 bits per heavy atom. The first kappa shape index (κ1) is 53.9. The first-order chi connectivity index (χ1) is 27.0. The van der Waals surface area contributed by atoms with Crippen molar-refractivity contribution in [1.29, 1.82) is 0 Å². The van der Waals surface area contributed by atoms with Gasteiger partial charge in [-0.25, -0.2) is 9.59 Å². The van der Waals surface area contributed by atoms with Crippen molar-refractivity contribution < 1.29 is 57.2 Å². The molecule has 0 aromatic rings. The van der Waals surface area contributed by atoms with Gasteiger partial charge in [-0.15, -0.1) is 0 Å². The third-order valence-electron chi connectivity index (χ3n) is 8.37. The molecule has 18 heteroatoms. The summed E-state index contributed by atoms with van der Waals surface area (Å²) in [4.78, 5) is 67.5. The number of carbonyl (C=O) groups is 4. The highest BCUT2D eigenvalue weighted by Gasteiger charge is 2.22. The molecule has 0 radical (unpaired) electrons. The molecule has 0 rings (SSSR count). The minimum Gasteiger partial charge on any atom is -0.446 e. The quantitative estimate of drug-likeness (QED) is 0.0325. The summed E-state index contributed by atoms with van der Waals surface area (Å²) in [6.07, 6.45) is 16.1. The van der Waals surface area contributed by atoms with Crippen LogP contribution in [0.4, 0.5) is 9.59 Å². The van der Waals surface area contributed by atoms with E-state index in [2.05, 4.69) is 35.1 Å². The van der Waals surface area contributed by atoms with Crippen LogP contribution in [0.25, 0.3) is 0 Å². The summed E-state index contributed by atoms with van der Waals surface area (Å²) >= 11 is 1.28. The molecular weight excluding hydrogens is 767 g/mol. The van der Waals surface area contributed by atoms with Crippen molar-refractivity contribution in [3.05, 3.63) is 0 Å². The fourth-order valence-corrected chi connectivity index (χ4v) is 6.67. The highest BCUT2D eigenvalue weighted by atomic mass is 32.2. The minimum absolute atomic E-state index is 0.0562. The number of rotatable bonds is 39. The number of ether oxygens (including phenoxy) is 5. The van der Waals surface area contributed by atoms with E-state index in [9.17, 15) is 23.7 Å². The number of unbranched alkanes of at least 4 members (excludes halogenated alkanes) is 14. The van der Waals surface area contributed by atoms with Gasteiger partial charge in [-0.05, 0) is 12.8 Å². The Balaban J connectivity index is 4.70. The van der Waals surface area contributed by atoms with Crippen LogP contribution in [-0.4, -0.2) is 129 Å². The van der Waals surface area contributed by atoms with Crippen LogP contribution in [0.3, 0.4) is 0 Å². The summed E-state index contributed by atoms with van der Waals surface area (Å²) < 4.78 is 37.7. The van der Waals surface area contributed by atoms with Gasteiger partial charge >= 0.3 is 19.8 Å². The molecular formula is C38H75N4O12PS. The second-order valence-corrected chi connectivity index (χ2v) is 16.6. The topological polar surface area (TPSA) is 220 Å². The van der Waals surface area contributed by atoms with Crippen molar-refractivity contribution in [2.75, 3.05) is 83.6 Å². The van der Waals surface area contributed by atoms with E-state index in [-0.39, 0.29) is 76.4 Å². The first-order valence-electron chi connectivity index (χ1n) is 20.7. The van der Waals surface area contributed by atoms with Crippen LogP contribution >= 0.6 is 19.4 Å². The first-order valence-corrected chi connectivity index (χ1v) is 23.7. The van der Waals surface area contributed by atoms with Gasteiger partial charge in [0.2, 0.25) is 11.8 Å². The van der Waals surface area contributed by atoms with Crippen molar-refractivity contribution in [2.24, 2.45) is 0 Å². The van der Waals surface area contributed by atoms with Crippen molar-refractivity contribution in [2.45, 2.75) is 136 Å². The molecule has 2 atom stereocenters. The number of alkyl carbamates (subject to hydrolysis) is 2. The van der Waals surface area contributed by atoms with Crippen LogP contribution in [0.15, 0.2) is 0 Å². The largest absolute Gasteiger partial charge is 0.446 e. The zero-order chi connectivity index (χ0) is 41.5. The van der Waals surface area contributed by atoms with Gasteiger partial charge in [0, 0.05) is 38.1 Å². The summed E-state index contributed by atoms with van der Waals surface area (Å²) in [5.41, 5.74) is 0. The van der Waals surface area contributed by atoms with Crippen LogP contribution in [0, 0.1) is 0 Å². The molecule has 16 nitrogen and oxygen atoms in total. The molecule has 6 N–H and O–H groups in total. The number of nitrogens with one attached hydrogen (secondary N) is 4. The monoisotopic (exact) mass is 842 g/mol.